The van der Waals surface area contributed by atoms with Crippen LogP contribution < -0.4 is 21.3 Å². The maximum Gasteiger partial charge on any atom is 0.252 e. The third-order valence-electron chi connectivity index (χ3n) is 12.8. The third-order valence-corrected chi connectivity index (χ3v) is 12.8. The second-order valence-corrected chi connectivity index (χ2v) is 22.5. The van der Waals surface area contributed by atoms with Crippen LogP contribution in [0.2, 0.25) is 0 Å². The first-order chi connectivity index (χ1) is 26.2. The van der Waals surface area contributed by atoms with Crippen molar-refractivity contribution in [1.29, 1.82) is 0 Å². The maximum atomic E-state index is 5.72. The highest BCUT2D eigenvalue weighted by Gasteiger charge is 2.44. The monoisotopic (exact) mass is 754 g/mol. The molecule has 0 radical (unpaired) electrons. The Balaban J connectivity index is 1.56. The lowest BCUT2D eigenvalue weighted by Crippen LogP contribution is -2.61. The zero-order valence-corrected chi connectivity index (χ0v) is 37.9. The van der Waals surface area contributed by atoms with Crippen molar-refractivity contribution in [2.45, 2.75) is 145 Å². The normalized spacial score (nSPS) is 14.3. The summed E-state index contributed by atoms with van der Waals surface area (Å²) in [6.45, 7) is 39.5. The van der Waals surface area contributed by atoms with Gasteiger partial charge in [0.05, 0.1) is 11.0 Å². The molecule has 8 rings (SSSR count). The van der Waals surface area contributed by atoms with E-state index < -0.39 is 0 Å². The Morgan fingerprint density at radius 1 is 0.456 bits per heavy atom. The van der Waals surface area contributed by atoms with E-state index in [0.29, 0.717) is 0 Å². The minimum Gasteiger partial charge on any atom is -0.311 e. The highest BCUT2D eigenvalue weighted by molar-refractivity contribution is 7.00. The molecule has 0 saturated heterocycles. The van der Waals surface area contributed by atoms with Crippen molar-refractivity contribution in [3.63, 3.8) is 0 Å². The Morgan fingerprint density at radius 2 is 0.930 bits per heavy atom. The summed E-state index contributed by atoms with van der Waals surface area (Å²) < 4.78 is 2.56. The minimum atomic E-state index is -0.0877. The number of imidazole rings is 1. The standard InChI is InChI=1S/C53H64BN3/c1-31-24-35(51(9,10)11)25-32(2)45(31)48-55-41-28-36(52(12,13)14)27-40-47(41)57(48)44-30-37(53(15,16)17)29-43-46(44)54(40)39-26-34(50(6,7)8)20-23-42(39)56(43)38-21-18-33(19-22-38)49(3,4)5/h18-30H,1-17H3. The number of nitrogens with zero attached hydrogens (tertiary/aromatic N) is 3. The van der Waals surface area contributed by atoms with Crippen LogP contribution in [0.3, 0.4) is 0 Å². The van der Waals surface area contributed by atoms with Gasteiger partial charge in [-0.15, -0.1) is 0 Å². The van der Waals surface area contributed by atoms with Gasteiger partial charge in [0.25, 0.3) is 6.71 Å². The first-order valence-corrected chi connectivity index (χ1v) is 21.2. The fourth-order valence-electron chi connectivity index (χ4n) is 9.22. The predicted molar refractivity (Wildman–Crippen MR) is 249 cm³/mol. The van der Waals surface area contributed by atoms with Gasteiger partial charge in [0, 0.05) is 28.3 Å². The van der Waals surface area contributed by atoms with Crippen molar-refractivity contribution in [3.8, 4) is 17.1 Å². The average Bonchev–Trinajstić information content (AvgIpc) is 3.46. The van der Waals surface area contributed by atoms with Crippen molar-refractivity contribution >= 4 is 51.2 Å². The van der Waals surface area contributed by atoms with Gasteiger partial charge < -0.3 is 4.90 Å². The van der Waals surface area contributed by atoms with Crippen LogP contribution in [-0.4, -0.2) is 16.3 Å². The van der Waals surface area contributed by atoms with Crippen LogP contribution in [0.1, 0.15) is 143 Å². The molecule has 3 heterocycles. The molecule has 0 bridgehead atoms. The number of anilines is 3. The molecule has 0 amide bonds. The van der Waals surface area contributed by atoms with E-state index in [9.17, 15) is 0 Å². The summed E-state index contributed by atoms with van der Waals surface area (Å²) in [5, 5.41) is 0. The van der Waals surface area contributed by atoms with E-state index >= 15 is 0 Å². The first-order valence-electron chi connectivity index (χ1n) is 21.2. The number of rotatable bonds is 2. The first kappa shape index (κ1) is 39.3. The van der Waals surface area contributed by atoms with Crippen LogP contribution in [-0.2, 0) is 27.1 Å². The number of aryl methyl sites for hydroxylation is 2. The molecular formula is C53H64BN3. The molecule has 5 aromatic carbocycles. The predicted octanol–water partition coefficient (Wildman–Crippen LogP) is 12.4. The van der Waals surface area contributed by atoms with Gasteiger partial charge in [-0.2, -0.15) is 0 Å². The Labute approximate surface area is 344 Å². The van der Waals surface area contributed by atoms with Crippen LogP contribution >= 0.6 is 0 Å². The van der Waals surface area contributed by atoms with Gasteiger partial charge in [0.2, 0.25) is 0 Å². The van der Waals surface area contributed by atoms with Crippen LogP contribution in [0, 0.1) is 13.8 Å². The maximum absolute atomic E-state index is 5.72. The summed E-state index contributed by atoms with van der Waals surface area (Å²) in [4.78, 5) is 8.29. The molecule has 0 spiro atoms. The second-order valence-electron chi connectivity index (χ2n) is 22.5. The largest absolute Gasteiger partial charge is 0.311 e. The van der Waals surface area contributed by atoms with Gasteiger partial charge in [-0.25, -0.2) is 4.98 Å². The van der Waals surface area contributed by atoms with Crippen molar-refractivity contribution in [1.82, 2.24) is 9.55 Å². The SMILES string of the molecule is Cc1cc(C(C)(C)C)cc(C)c1-c1nc2cc(C(C)(C)C)cc3c2n1-c1cc(C(C)(C)C)cc2c1B3c1cc(C(C)(C)C)ccc1N2c1ccc(C(C)(C)C)cc1. The summed E-state index contributed by atoms with van der Waals surface area (Å²) in [6, 6.07) is 31.4. The topological polar surface area (TPSA) is 21.1 Å². The summed E-state index contributed by atoms with van der Waals surface area (Å²) in [5.74, 6) is 1.04. The molecule has 4 heteroatoms. The highest BCUT2D eigenvalue weighted by Crippen LogP contribution is 2.45. The molecule has 2 aliphatic rings. The Hall–Kier alpha value is -4.57. The van der Waals surface area contributed by atoms with Gasteiger partial charge in [-0.3, -0.25) is 4.57 Å². The lowest BCUT2D eigenvalue weighted by atomic mass is 9.33. The molecule has 294 valence electrons. The summed E-state index contributed by atoms with van der Waals surface area (Å²) in [5.41, 5.74) is 21.8. The fourth-order valence-corrected chi connectivity index (χ4v) is 9.22. The molecule has 3 nitrogen and oxygen atoms in total. The van der Waals surface area contributed by atoms with E-state index in [1.165, 1.54) is 89.2 Å². The van der Waals surface area contributed by atoms with Crippen LogP contribution in [0.5, 0.6) is 0 Å². The Morgan fingerprint density at radius 3 is 1.47 bits per heavy atom. The summed E-state index contributed by atoms with van der Waals surface area (Å²) in [6.07, 6.45) is 0. The van der Waals surface area contributed by atoms with Gasteiger partial charge in [0.1, 0.15) is 5.82 Å². The summed E-state index contributed by atoms with van der Waals surface area (Å²) >= 11 is 0. The van der Waals surface area contributed by atoms with Crippen LogP contribution in [0.15, 0.2) is 78.9 Å². The number of hydrogen-bond donors (Lipinski definition) is 0. The van der Waals surface area contributed by atoms with Crippen LogP contribution in [0.25, 0.3) is 28.1 Å². The van der Waals surface area contributed by atoms with Crippen molar-refractivity contribution in [2.24, 2.45) is 0 Å². The zero-order valence-electron chi connectivity index (χ0n) is 37.9. The Kier molecular flexibility index (Phi) is 8.59. The number of aromatic nitrogens is 2. The number of fused-ring (bicyclic) bond motifs is 4. The molecule has 0 unspecified atom stereocenters. The molecule has 0 aliphatic carbocycles. The molecule has 57 heavy (non-hydrogen) atoms. The lowest BCUT2D eigenvalue weighted by molar-refractivity contribution is 0.589. The minimum absolute atomic E-state index is 0.00608. The number of benzene rings is 5. The molecule has 0 N–H and O–H groups in total. The van der Waals surface area contributed by atoms with Gasteiger partial charge in [-0.1, -0.05) is 146 Å². The van der Waals surface area contributed by atoms with E-state index in [1.807, 2.05) is 0 Å². The number of hydrogen-bond acceptors (Lipinski definition) is 2. The van der Waals surface area contributed by atoms with Gasteiger partial charge in [-0.05, 0) is 133 Å². The highest BCUT2D eigenvalue weighted by atomic mass is 15.2. The smallest absolute Gasteiger partial charge is 0.252 e. The quantitative estimate of drug-likeness (QED) is 0.164. The van der Waals surface area contributed by atoms with E-state index in [2.05, 4.69) is 206 Å². The average molecular weight is 754 g/mol. The zero-order chi connectivity index (χ0) is 41.5. The van der Waals surface area contributed by atoms with Crippen molar-refractivity contribution in [3.05, 3.63) is 118 Å². The molecular weight excluding hydrogens is 689 g/mol. The van der Waals surface area contributed by atoms with Crippen molar-refractivity contribution < 1.29 is 0 Å². The van der Waals surface area contributed by atoms with Gasteiger partial charge >= 0.3 is 0 Å². The molecule has 6 aromatic rings. The lowest BCUT2D eigenvalue weighted by Gasteiger charge is -2.42. The fraction of sp³-hybridized carbons (Fsp3) is 0.415. The molecule has 0 atom stereocenters. The van der Waals surface area contributed by atoms with E-state index in [0.717, 1.165) is 11.3 Å². The molecule has 1 aromatic heterocycles. The van der Waals surface area contributed by atoms with Gasteiger partial charge in [0.15, 0.2) is 0 Å². The molecule has 0 fully saturated rings. The molecule has 0 saturated carbocycles. The second kappa shape index (κ2) is 12.5. The Bertz CT molecular complexity index is 2580. The third kappa shape index (κ3) is 6.37. The summed E-state index contributed by atoms with van der Waals surface area (Å²) in [7, 11) is 0. The van der Waals surface area contributed by atoms with Crippen LogP contribution in [0.4, 0.5) is 17.1 Å². The van der Waals surface area contributed by atoms with Crippen molar-refractivity contribution in [2.75, 3.05) is 4.90 Å². The van der Waals surface area contributed by atoms with E-state index in [1.54, 1.807) is 0 Å². The van der Waals surface area contributed by atoms with E-state index in [4.69, 9.17) is 4.98 Å². The molecule has 2 aliphatic heterocycles. The van der Waals surface area contributed by atoms with E-state index in [-0.39, 0.29) is 33.8 Å².